The maximum atomic E-state index is 13.9. The molecule has 2 nitrogen and oxygen atoms in total. The van der Waals surface area contributed by atoms with Gasteiger partial charge in [-0.15, -0.1) is 0 Å². The van der Waals surface area contributed by atoms with E-state index >= 15 is 0 Å². The van der Waals surface area contributed by atoms with Gasteiger partial charge < -0.3 is 9.30 Å². The Morgan fingerprint density at radius 1 is 1.17 bits per heavy atom. The number of benzene rings is 2. The molecule has 160 valence electrons. The molecule has 1 unspecified atom stereocenters. The minimum Gasteiger partial charge on any atom is -0.486 e. The van der Waals surface area contributed by atoms with E-state index in [2.05, 4.69) is 6.58 Å². The molecule has 0 heterocycles. The molecule has 1 atom stereocenters. The van der Waals surface area contributed by atoms with Crippen LogP contribution in [0.15, 0.2) is 66.5 Å². The average Bonchev–Trinajstić information content (AvgIpc) is 2.67. The lowest BCUT2D eigenvalue weighted by Gasteiger charge is -2.21. The maximum Gasteiger partial charge on any atom is 0.142 e. The molecule has 2 aromatic carbocycles. The third-order valence-electron chi connectivity index (χ3n) is 4.63. The van der Waals surface area contributed by atoms with Gasteiger partial charge in [-0.2, -0.15) is 0 Å². The SMILES string of the molecule is C=C(C)/C(=C\C(=C/C)c1ccc(P(C)(C)=O)cc1)OC(C)c1c(Cl)ccc(F)c1Cl. The standard InChI is InChI=1S/C24H26Cl2FO2P/c1-7-17(18-8-10-19(11-9-18)30(5,6)28)14-22(15(2)3)29-16(4)23-20(25)12-13-21(27)24(23)26/h7-14,16H,2H2,1,3-6H3/b17-7+,22-14+. The van der Waals surface area contributed by atoms with Crippen LogP contribution in [0.25, 0.3) is 5.57 Å². The third kappa shape index (κ3) is 5.88. The number of hydrogen-bond acceptors (Lipinski definition) is 2. The average molecular weight is 467 g/mol. The first kappa shape index (κ1) is 24.5. The molecule has 2 aromatic rings. The van der Waals surface area contributed by atoms with E-state index in [0.717, 1.165) is 16.4 Å². The Morgan fingerprint density at radius 3 is 2.27 bits per heavy atom. The van der Waals surface area contributed by atoms with Crippen LogP contribution in [-0.4, -0.2) is 13.3 Å². The van der Waals surface area contributed by atoms with Crippen LogP contribution in [-0.2, 0) is 9.30 Å². The van der Waals surface area contributed by atoms with Crippen molar-refractivity contribution in [1.29, 1.82) is 0 Å². The monoisotopic (exact) mass is 466 g/mol. The summed E-state index contributed by atoms with van der Waals surface area (Å²) in [6, 6.07) is 10.3. The summed E-state index contributed by atoms with van der Waals surface area (Å²) in [5.74, 6) is -0.0153. The predicted molar refractivity (Wildman–Crippen MR) is 128 cm³/mol. The molecule has 0 amide bonds. The van der Waals surface area contributed by atoms with E-state index in [9.17, 15) is 8.96 Å². The Balaban J connectivity index is 2.38. The van der Waals surface area contributed by atoms with Crippen molar-refractivity contribution in [2.24, 2.45) is 0 Å². The van der Waals surface area contributed by atoms with E-state index in [-0.39, 0.29) is 5.02 Å². The molecule has 0 saturated heterocycles. The fraction of sp³-hybridized carbons (Fsp3) is 0.250. The summed E-state index contributed by atoms with van der Waals surface area (Å²) in [7, 11) is -2.32. The van der Waals surface area contributed by atoms with Gasteiger partial charge in [-0.05, 0) is 69.0 Å². The van der Waals surface area contributed by atoms with Crippen molar-refractivity contribution < 1.29 is 13.7 Å². The molecule has 0 aliphatic rings. The molecule has 0 aliphatic heterocycles. The van der Waals surface area contributed by atoms with Crippen LogP contribution in [0.4, 0.5) is 4.39 Å². The predicted octanol–water partition coefficient (Wildman–Crippen LogP) is 8.02. The summed E-state index contributed by atoms with van der Waals surface area (Å²) in [5, 5.41) is 1.10. The van der Waals surface area contributed by atoms with Gasteiger partial charge in [0.2, 0.25) is 0 Å². The molecule has 0 saturated carbocycles. The summed E-state index contributed by atoms with van der Waals surface area (Å²) in [5.41, 5.74) is 2.95. The molecule has 0 fully saturated rings. The van der Waals surface area contributed by atoms with Gasteiger partial charge >= 0.3 is 0 Å². The van der Waals surface area contributed by atoms with E-state index in [1.165, 1.54) is 12.1 Å². The van der Waals surface area contributed by atoms with Gasteiger partial charge in [0.05, 0.1) is 5.02 Å². The fourth-order valence-electron chi connectivity index (χ4n) is 2.91. The van der Waals surface area contributed by atoms with E-state index in [1.807, 2.05) is 50.3 Å². The first-order chi connectivity index (χ1) is 14.0. The third-order valence-corrected chi connectivity index (χ3v) is 6.89. The van der Waals surface area contributed by atoms with Crippen molar-refractivity contribution in [3.05, 3.63) is 93.5 Å². The zero-order valence-electron chi connectivity index (χ0n) is 17.8. The first-order valence-corrected chi connectivity index (χ1v) is 12.8. The molecule has 0 radical (unpaired) electrons. The quantitative estimate of drug-likeness (QED) is 0.178. The van der Waals surface area contributed by atoms with Crippen LogP contribution in [0.5, 0.6) is 0 Å². The van der Waals surface area contributed by atoms with Gasteiger partial charge in [0.25, 0.3) is 0 Å². The molecule has 6 heteroatoms. The van der Waals surface area contributed by atoms with Crippen LogP contribution < -0.4 is 5.30 Å². The lowest BCUT2D eigenvalue weighted by molar-refractivity contribution is 0.140. The highest BCUT2D eigenvalue weighted by atomic mass is 35.5. The summed E-state index contributed by atoms with van der Waals surface area (Å²) in [6.45, 7) is 13.0. The Labute approximate surface area is 188 Å². The van der Waals surface area contributed by atoms with Crippen LogP contribution in [0.1, 0.15) is 38.0 Å². The lowest BCUT2D eigenvalue weighted by Crippen LogP contribution is -2.05. The number of ether oxygens (including phenoxy) is 1. The molecule has 0 bridgehead atoms. The highest BCUT2D eigenvalue weighted by molar-refractivity contribution is 7.70. The van der Waals surface area contributed by atoms with Crippen molar-refractivity contribution >= 4 is 41.2 Å². The van der Waals surface area contributed by atoms with Crippen LogP contribution in [0.2, 0.25) is 10.0 Å². The molecule has 30 heavy (non-hydrogen) atoms. The second-order valence-corrected chi connectivity index (χ2v) is 11.5. The molecule has 0 N–H and O–H groups in total. The summed E-state index contributed by atoms with van der Waals surface area (Å²) in [6.07, 6.45) is 3.23. The van der Waals surface area contributed by atoms with Crippen molar-refractivity contribution in [1.82, 2.24) is 0 Å². The van der Waals surface area contributed by atoms with Gasteiger partial charge in [-0.25, -0.2) is 4.39 Å². The Morgan fingerprint density at radius 2 is 1.77 bits per heavy atom. The van der Waals surface area contributed by atoms with E-state index < -0.39 is 19.1 Å². The second-order valence-electron chi connectivity index (χ2n) is 7.45. The zero-order valence-corrected chi connectivity index (χ0v) is 20.2. The van der Waals surface area contributed by atoms with E-state index in [0.29, 0.717) is 21.9 Å². The van der Waals surface area contributed by atoms with Crippen LogP contribution in [0.3, 0.4) is 0 Å². The maximum absolute atomic E-state index is 13.9. The molecular formula is C24H26Cl2FO2P. The highest BCUT2D eigenvalue weighted by Gasteiger charge is 2.20. The number of allylic oxidation sites excluding steroid dienone is 4. The van der Waals surface area contributed by atoms with E-state index in [1.54, 1.807) is 20.3 Å². The second kappa shape index (κ2) is 10.0. The topological polar surface area (TPSA) is 26.3 Å². The molecule has 0 aliphatic carbocycles. The first-order valence-electron chi connectivity index (χ1n) is 9.45. The molecular weight excluding hydrogens is 441 g/mol. The summed E-state index contributed by atoms with van der Waals surface area (Å²) in [4.78, 5) is 0. The highest BCUT2D eigenvalue weighted by Crippen LogP contribution is 2.37. The van der Waals surface area contributed by atoms with Crippen LogP contribution >= 0.6 is 30.3 Å². The number of rotatable bonds is 7. The van der Waals surface area contributed by atoms with Crippen LogP contribution in [0, 0.1) is 5.82 Å². The van der Waals surface area contributed by atoms with Gasteiger partial charge in [-0.3, -0.25) is 0 Å². The lowest BCUT2D eigenvalue weighted by atomic mass is 10.0. The Hall–Kier alpha value is -1.80. The Bertz CT molecular complexity index is 1050. The summed E-state index contributed by atoms with van der Waals surface area (Å²) >= 11 is 12.4. The summed E-state index contributed by atoms with van der Waals surface area (Å²) < 4.78 is 32.3. The van der Waals surface area contributed by atoms with Crippen molar-refractivity contribution in [3.63, 3.8) is 0 Å². The Kier molecular flexibility index (Phi) is 8.16. The normalized spacial score (nSPS) is 13.9. The van der Waals surface area contributed by atoms with Crippen molar-refractivity contribution in [3.8, 4) is 0 Å². The van der Waals surface area contributed by atoms with Gasteiger partial charge in [0, 0.05) is 15.9 Å². The number of hydrogen-bond donors (Lipinski definition) is 0. The number of halogens is 3. The van der Waals surface area contributed by atoms with Crippen molar-refractivity contribution in [2.75, 3.05) is 13.3 Å². The van der Waals surface area contributed by atoms with Gasteiger partial charge in [0.1, 0.15) is 24.8 Å². The molecule has 2 rings (SSSR count). The van der Waals surface area contributed by atoms with Crippen molar-refractivity contribution in [2.45, 2.75) is 26.9 Å². The van der Waals surface area contributed by atoms with E-state index in [4.69, 9.17) is 27.9 Å². The molecule has 0 aromatic heterocycles. The zero-order chi connectivity index (χ0) is 22.6. The molecule has 0 spiro atoms. The minimum atomic E-state index is -2.32. The fourth-order valence-corrected chi connectivity index (χ4v) is 4.46. The van der Waals surface area contributed by atoms with Gasteiger partial charge in [-0.1, -0.05) is 60.1 Å². The van der Waals surface area contributed by atoms with Gasteiger partial charge in [0.15, 0.2) is 0 Å². The largest absolute Gasteiger partial charge is 0.486 e. The minimum absolute atomic E-state index is 0.0542. The smallest absolute Gasteiger partial charge is 0.142 e.